The van der Waals surface area contributed by atoms with E-state index in [-0.39, 0.29) is 30.4 Å². The number of benzene rings is 1. The van der Waals surface area contributed by atoms with Crippen LogP contribution >= 0.6 is 12.4 Å². The second-order valence-electron chi connectivity index (χ2n) is 6.66. The van der Waals surface area contributed by atoms with Gasteiger partial charge in [-0.15, -0.1) is 12.4 Å². The largest absolute Gasteiger partial charge is 0.351 e. The van der Waals surface area contributed by atoms with Gasteiger partial charge in [0.2, 0.25) is 5.91 Å². The van der Waals surface area contributed by atoms with Crippen LogP contribution in [0.2, 0.25) is 0 Å². The lowest BCUT2D eigenvalue weighted by Crippen LogP contribution is -2.58. The lowest BCUT2D eigenvalue weighted by molar-refractivity contribution is -0.127. The van der Waals surface area contributed by atoms with E-state index in [2.05, 4.69) is 16.0 Å². The highest BCUT2D eigenvalue weighted by Gasteiger charge is 2.31. The first kappa shape index (κ1) is 20.3. The van der Waals surface area contributed by atoms with Gasteiger partial charge in [0.25, 0.3) is 0 Å². The molecule has 1 aliphatic rings. The minimum Gasteiger partial charge on any atom is -0.351 e. The number of halogens is 1. The Hall–Kier alpha value is -1.79. The molecule has 0 atom stereocenters. The van der Waals surface area contributed by atoms with Gasteiger partial charge in [-0.3, -0.25) is 4.79 Å². The van der Waals surface area contributed by atoms with Gasteiger partial charge in [0.05, 0.1) is 0 Å². The molecule has 3 amide bonds. The Morgan fingerprint density at radius 3 is 2.25 bits per heavy atom. The number of para-hydroxylation sites is 1. The molecule has 1 fully saturated rings. The molecular weight excluding hydrogens is 328 g/mol. The van der Waals surface area contributed by atoms with Crippen molar-refractivity contribution in [3.05, 3.63) is 30.3 Å². The molecule has 0 aromatic heterocycles. The first-order valence-electron chi connectivity index (χ1n) is 8.07. The van der Waals surface area contributed by atoms with Crippen LogP contribution in [-0.4, -0.2) is 29.6 Å². The fourth-order valence-electron chi connectivity index (χ4n) is 2.65. The fraction of sp³-hybridized carbons (Fsp3) is 0.529. The van der Waals surface area contributed by atoms with Gasteiger partial charge in [-0.2, -0.15) is 0 Å². The number of carbonyl (C=O) groups is 2. The van der Waals surface area contributed by atoms with Crippen LogP contribution in [0.5, 0.6) is 0 Å². The number of urea groups is 1. The van der Waals surface area contributed by atoms with Crippen molar-refractivity contribution in [3.63, 3.8) is 0 Å². The van der Waals surface area contributed by atoms with Gasteiger partial charge in [-0.1, -0.05) is 18.2 Å². The zero-order valence-corrected chi connectivity index (χ0v) is 15.0. The van der Waals surface area contributed by atoms with Crippen LogP contribution in [0.25, 0.3) is 0 Å². The first-order chi connectivity index (χ1) is 10.9. The highest BCUT2D eigenvalue weighted by Crippen LogP contribution is 2.18. The van der Waals surface area contributed by atoms with Crippen LogP contribution < -0.4 is 21.7 Å². The molecule has 134 valence electrons. The summed E-state index contributed by atoms with van der Waals surface area (Å²) in [6.45, 7) is 3.39. The molecule has 0 heterocycles. The molecule has 0 spiro atoms. The zero-order chi connectivity index (χ0) is 16.9. The van der Waals surface area contributed by atoms with Crippen molar-refractivity contribution in [3.8, 4) is 0 Å². The Labute approximate surface area is 149 Å². The van der Waals surface area contributed by atoms with Crippen LogP contribution in [0.15, 0.2) is 30.3 Å². The Balaban J connectivity index is 0.00000288. The number of hydrogen-bond acceptors (Lipinski definition) is 3. The summed E-state index contributed by atoms with van der Waals surface area (Å²) in [4.78, 5) is 24.5. The normalized spacial score (nSPS) is 20.5. The third-order valence-electron chi connectivity index (χ3n) is 4.13. The summed E-state index contributed by atoms with van der Waals surface area (Å²) in [6, 6.07) is 9.10. The van der Waals surface area contributed by atoms with Crippen molar-refractivity contribution < 1.29 is 9.59 Å². The van der Waals surface area contributed by atoms with Crippen molar-refractivity contribution in [2.24, 2.45) is 5.73 Å². The predicted molar refractivity (Wildman–Crippen MR) is 98.3 cm³/mol. The van der Waals surface area contributed by atoms with Crippen LogP contribution in [0.4, 0.5) is 10.5 Å². The molecule has 7 heteroatoms. The number of nitrogens with one attached hydrogen (secondary N) is 3. The highest BCUT2D eigenvalue weighted by molar-refractivity contribution is 5.95. The summed E-state index contributed by atoms with van der Waals surface area (Å²) in [5.74, 6) is -0.179. The van der Waals surface area contributed by atoms with Gasteiger partial charge >= 0.3 is 6.03 Å². The maximum atomic E-state index is 12.4. The van der Waals surface area contributed by atoms with Gasteiger partial charge in [-0.05, 0) is 51.7 Å². The molecule has 0 unspecified atom stereocenters. The van der Waals surface area contributed by atoms with Crippen molar-refractivity contribution in [2.75, 3.05) is 5.32 Å². The third kappa shape index (κ3) is 6.02. The van der Waals surface area contributed by atoms with Gasteiger partial charge in [-0.25, -0.2) is 4.79 Å². The third-order valence-corrected chi connectivity index (χ3v) is 4.13. The average molecular weight is 355 g/mol. The SMILES string of the molecule is CC(C)(NC(=O)Nc1ccccc1)C(=O)NC1CCC(N)CC1.Cl. The van der Waals surface area contributed by atoms with Crippen LogP contribution in [0.1, 0.15) is 39.5 Å². The van der Waals surface area contributed by atoms with E-state index < -0.39 is 11.6 Å². The van der Waals surface area contributed by atoms with Crippen molar-refractivity contribution in [1.29, 1.82) is 0 Å². The van der Waals surface area contributed by atoms with Gasteiger partial charge in [0.1, 0.15) is 5.54 Å². The summed E-state index contributed by atoms with van der Waals surface area (Å²) < 4.78 is 0. The first-order valence-corrected chi connectivity index (χ1v) is 8.07. The van der Waals surface area contributed by atoms with E-state index in [9.17, 15) is 9.59 Å². The zero-order valence-electron chi connectivity index (χ0n) is 14.2. The van der Waals surface area contributed by atoms with E-state index in [4.69, 9.17) is 5.73 Å². The predicted octanol–water partition coefficient (Wildman–Crippen LogP) is 2.39. The molecular formula is C17H27ClN4O2. The Kier molecular flexibility index (Phi) is 7.51. The lowest BCUT2D eigenvalue weighted by Gasteiger charge is -2.31. The monoisotopic (exact) mass is 354 g/mol. The number of carbonyl (C=O) groups excluding carboxylic acids is 2. The topological polar surface area (TPSA) is 96.2 Å². The average Bonchev–Trinajstić information content (AvgIpc) is 2.50. The molecule has 0 radical (unpaired) electrons. The number of rotatable bonds is 4. The van der Waals surface area contributed by atoms with E-state index >= 15 is 0 Å². The number of amides is 3. The van der Waals surface area contributed by atoms with Crippen molar-refractivity contribution in [2.45, 2.75) is 57.2 Å². The van der Waals surface area contributed by atoms with E-state index in [0.717, 1.165) is 25.7 Å². The summed E-state index contributed by atoms with van der Waals surface area (Å²) >= 11 is 0. The van der Waals surface area contributed by atoms with Gasteiger partial charge in [0, 0.05) is 17.8 Å². The fourth-order valence-corrected chi connectivity index (χ4v) is 2.65. The van der Waals surface area contributed by atoms with Crippen LogP contribution in [0.3, 0.4) is 0 Å². The second kappa shape index (κ2) is 8.89. The maximum Gasteiger partial charge on any atom is 0.320 e. The molecule has 2 rings (SSSR count). The van der Waals surface area contributed by atoms with Crippen LogP contribution in [0, 0.1) is 0 Å². The van der Waals surface area contributed by atoms with E-state index in [1.165, 1.54) is 0 Å². The quantitative estimate of drug-likeness (QED) is 0.668. The molecule has 0 aliphatic heterocycles. The molecule has 1 aromatic rings. The smallest absolute Gasteiger partial charge is 0.320 e. The maximum absolute atomic E-state index is 12.4. The summed E-state index contributed by atoms with van der Waals surface area (Å²) in [5, 5.41) is 8.44. The number of hydrogen-bond donors (Lipinski definition) is 4. The molecule has 5 N–H and O–H groups in total. The van der Waals surface area contributed by atoms with E-state index in [1.807, 2.05) is 18.2 Å². The van der Waals surface area contributed by atoms with E-state index in [0.29, 0.717) is 5.69 Å². The molecule has 24 heavy (non-hydrogen) atoms. The molecule has 6 nitrogen and oxygen atoms in total. The summed E-state index contributed by atoms with van der Waals surface area (Å²) in [6.07, 6.45) is 3.62. The van der Waals surface area contributed by atoms with Gasteiger partial charge in [0.15, 0.2) is 0 Å². The van der Waals surface area contributed by atoms with Gasteiger partial charge < -0.3 is 21.7 Å². The molecule has 1 aliphatic carbocycles. The minimum atomic E-state index is -0.988. The standard InChI is InChI=1S/C17H26N4O2.ClH/c1-17(2,15(22)19-14-10-8-12(18)9-11-14)21-16(23)20-13-6-4-3-5-7-13;/h3-7,12,14H,8-11,18H2,1-2H3,(H,19,22)(H2,20,21,23);1H. The Morgan fingerprint density at radius 1 is 1.08 bits per heavy atom. The molecule has 1 aromatic carbocycles. The molecule has 1 saturated carbocycles. The highest BCUT2D eigenvalue weighted by atomic mass is 35.5. The summed E-state index contributed by atoms with van der Waals surface area (Å²) in [5.41, 5.74) is 5.57. The van der Waals surface area contributed by atoms with Crippen molar-refractivity contribution in [1.82, 2.24) is 10.6 Å². The van der Waals surface area contributed by atoms with Crippen molar-refractivity contribution >= 4 is 30.0 Å². The number of anilines is 1. The number of nitrogens with two attached hydrogens (primary N) is 1. The minimum absolute atomic E-state index is 0. The molecule has 0 bridgehead atoms. The molecule has 0 saturated heterocycles. The lowest BCUT2D eigenvalue weighted by atomic mass is 9.91. The Bertz CT molecular complexity index is 543. The van der Waals surface area contributed by atoms with Crippen LogP contribution in [-0.2, 0) is 4.79 Å². The van der Waals surface area contributed by atoms with E-state index in [1.54, 1.807) is 26.0 Å². The Morgan fingerprint density at radius 2 is 1.67 bits per heavy atom. The summed E-state index contributed by atoms with van der Waals surface area (Å²) in [7, 11) is 0. The second-order valence-corrected chi connectivity index (χ2v) is 6.66.